The number of carbonyl (C=O) groups is 1. The van der Waals surface area contributed by atoms with E-state index < -0.39 is 0 Å². The van der Waals surface area contributed by atoms with Crippen molar-refractivity contribution >= 4 is 5.91 Å². The van der Waals surface area contributed by atoms with Gasteiger partial charge >= 0.3 is 0 Å². The number of fused-ring (bicyclic) bond motifs is 2. The maximum atomic E-state index is 13.5. The van der Waals surface area contributed by atoms with Gasteiger partial charge in [-0.3, -0.25) is 14.4 Å². The Hall–Kier alpha value is -3.32. The van der Waals surface area contributed by atoms with E-state index in [0.29, 0.717) is 24.9 Å². The first-order valence-electron chi connectivity index (χ1n) is 12.4. The molecule has 2 heterocycles. The summed E-state index contributed by atoms with van der Waals surface area (Å²) in [6.45, 7) is 3.01. The highest BCUT2D eigenvalue weighted by Gasteiger charge is 2.33. The molecule has 0 radical (unpaired) electrons. The van der Waals surface area contributed by atoms with Crippen LogP contribution in [0.3, 0.4) is 0 Å². The maximum absolute atomic E-state index is 13.5. The highest BCUT2D eigenvalue weighted by molar-refractivity contribution is 5.94. The van der Waals surface area contributed by atoms with E-state index in [4.69, 9.17) is 14.6 Å². The monoisotopic (exact) mass is 474 g/mol. The fraction of sp³-hybridized carbons (Fsp3) is 0.429. The molecule has 0 fully saturated rings. The molecule has 1 atom stereocenters. The Morgan fingerprint density at radius 2 is 2.03 bits per heavy atom. The molecule has 0 spiro atoms. The molecule has 2 aliphatic rings. The number of hydrogen-bond donors (Lipinski definition) is 0. The van der Waals surface area contributed by atoms with Crippen molar-refractivity contribution in [3.05, 3.63) is 76.6 Å². The van der Waals surface area contributed by atoms with Crippen LogP contribution in [0.15, 0.2) is 48.5 Å². The number of methoxy groups -OCH3 is 1. The van der Waals surface area contributed by atoms with Crippen LogP contribution in [0.1, 0.15) is 45.7 Å². The SMILES string of the molecule is COc1cccc2c1OCCCN(C1CCc3c(c(C(=O)N(C)Cc4ccccc4)nn3C)C1)C2. The lowest BCUT2D eigenvalue weighted by Gasteiger charge is -2.36. The summed E-state index contributed by atoms with van der Waals surface area (Å²) >= 11 is 0. The highest BCUT2D eigenvalue weighted by atomic mass is 16.5. The summed E-state index contributed by atoms with van der Waals surface area (Å²) < 4.78 is 13.5. The molecule has 1 unspecified atom stereocenters. The van der Waals surface area contributed by atoms with Crippen molar-refractivity contribution in [2.45, 2.75) is 44.8 Å². The third-order valence-corrected chi connectivity index (χ3v) is 7.25. The van der Waals surface area contributed by atoms with Gasteiger partial charge in [0.1, 0.15) is 0 Å². The van der Waals surface area contributed by atoms with E-state index in [9.17, 15) is 4.79 Å². The topological polar surface area (TPSA) is 59.8 Å². The average molecular weight is 475 g/mol. The molecule has 1 amide bonds. The van der Waals surface area contributed by atoms with Gasteiger partial charge in [0.25, 0.3) is 5.91 Å². The smallest absolute Gasteiger partial charge is 0.274 e. The summed E-state index contributed by atoms with van der Waals surface area (Å²) in [5.41, 5.74) is 5.17. The summed E-state index contributed by atoms with van der Waals surface area (Å²) in [6, 6.07) is 16.6. The average Bonchev–Trinajstić information content (AvgIpc) is 3.19. The zero-order valence-electron chi connectivity index (χ0n) is 20.9. The highest BCUT2D eigenvalue weighted by Crippen LogP contribution is 2.35. The van der Waals surface area contributed by atoms with Gasteiger partial charge in [0.15, 0.2) is 17.2 Å². The lowest BCUT2D eigenvalue weighted by atomic mass is 9.89. The van der Waals surface area contributed by atoms with E-state index >= 15 is 0 Å². The Morgan fingerprint density at radius 1 is 1.20 bits per heavy atom. The molecule has 0 N–H and O–H groups in total. The van der Waals surface area contributed by atoms with Gasteiger partial charge in [0.2, 0.25) is 0 Å². The summed E-state index contributed by atoms with van der Waals surface area (Å²) in [7, 11) is 5.51. The molecule has 1 aliphatic heterocycles. The summed E-state index contributed by atoms with van der Waals surface area (Å²) in [4.78, 5) is 17.8. The molecular weight excluding hydrogens is 440 g/mol. The van der Waals surface area contributed by atoms with Crippen molar-refractivity contribution in [2.24, 2.45) is 7.05 Å². The predicted octanol–water partition coefficient (Wildman–Crippen LogP) is 3.84. The molecule has 184 valence electrons. The largest absolute Gasteiger partial charge is 0.493 e. The molecule has 1 aliphatic carbocycles. The number of amides is 1. The minimum atomic E-state index is -0.0116. The predicted molar refractivity (Wildman–Crippen MR) is 135 cm³/mol. The molecule has 0 saturated heterocycles. The zero-order valence-corrected chi connectivity index (χ0v) is 20.9. The third-order valence-electron chi connectivity index (χ3n) is 7.25. The Labute approximate surface area is 207 Å². The lowest BCUT2D eigenvalue weighted by Crippen LogP contribution is -2.41. The molecule has 7 heteroatoms. The number of aromatic nitrogens is 2. The lowest BCUT2D eigenvalue weighted by molar-refractivity contribution is 0.0776. The van der Waals surface area contributed by atoms with Gasteiger partial charge in [0.05, 0.1) is 13.7 Å². The Kier molecular flexibility index (Phi) is 6.77. The Bertz CT molecular complexity index is 1190. The second-order valence-electron chi connectivity index (χ2n) is 9.56. The second-order valence-corrected chi connectivity index (χ2v) is 9.56. The van der Waals surface area contributed by atoms with Crippen LogP contribution in [0.4, 0.5) is 0 Å². The van der Waals surface area contributed by atoms with Crippen LogP contribution in [0.5, 0.6) is 11.5 Å². The summed E-state index contributed by atoms with van der Waals surface area (Å²) in [5, 5.41) is 4.70. The van der Waals surface area contributed by atoms with E-state index in [-0.39, 0.29) is 5.91 Å². The maximum Gasteiger partial charge on any atom is 0.274 e. The first-order chi connectivity index (χ1) is 17.0. The molecule has 7 nitrogen and oxygen atoms in total. The van der Waals surface area contributed by atoms with Gasteiger partial charge in [0, 0.05) is 56.6 Å². The molecule has 2 aromatic carbocycles. The van der Waals surface area contributed by atoms with E-state index in [1.807, 2.05) is 61.2 Å². The molecule has 0 bridgehead atoms. The van der Waals surface area contributed by atoms with Crippen LogP contribution in [0.2, 0.25) is 0 Å². The van der Waals surface area contributed by atoms with Crippen LogP contribution in [0, 0.1) is 0 Å². The van der Waals surface area contributed by atoms with Crippen LogP contribution in [-0.2, 0) is 33.0 Å². The van der Waals surface area contributed by atoms with E-state index in [0.717, 1.165) is 67.0 Å². The number of rotatable bonds is 5. The van der Waals surface area contributed by atoms with Crippen molar-refractivity contribution in [1.29, 1.82) is 0 Å². The second kappa shape index (κ2) is 10.1. The Morgan fingerprint density at radius 3 is 2.83 bits per heavy atom. The van der Waals surface area contributed by atoms with Crippen LogP contribution in [0.25, 0.3) is 0 Å². The fourth-order valence-electron chi connectivity index (χ4n) is 5.43. The van der Waals surface area contributed by atoms with Gasteiger partial charge in [-0.15, -0.1) is 0 Å². The summed E-state index contributed by atoms with van der Waals surface area (Å²) in [6.07, 6.45) is 3.78. The number of carbonyl (C=O) groups excluding carboxylic acids is 1. The van der Waals surface area contributed by atoms with Gasteiger partial charge in [-0.1, -0.05) is 42.5 Å². The van der Waals surface area contributed by atoms with Crippen molar-refractivity contribution in [1.82, 2.24) is 19.6 Å². The van der Waals surface area contributed by atoms with E-state index in [1.54, 1.807) is 12.0 Å². The molecule has 1 aromatic heterocycles. The number of para-hydroxylation sites is 1. The van der Waals surface area contributed by atoms with Crippen LogP contribution < -0.4 is 9.47 Å². The normalized spacial score (nSPS) is 18.0. The van der Waals surface area contributed by atoms with Gasteiger partial charge in [-0.2, -0.15) is 5.10 Å². The number of aryl methyl sites for hydroxylation is 1. The molecular formula is C28H34N4O3. The first kappa shape index (κ1) is 23.4. The van der Waals surface area contributed by atoms with Gasteiger partial charge in [-0.05, 0) is 37.3 Å². The quantitative estimate of drug-likeness (QED) is 0.562. The van der Waals surface area contributed by atoms with Crippen molar-refractivity contribution in [2.75, 3.05) is 27.3 Å². The number of benzene rings is 2. The summed E-state index contributed by atoms with van der Waals surface area (Å²) in [5.74, 6) is 1.63. The minimum Gasteiger partial charge on any atom is -0.493 e. The fourth-order valence-corrected chi connectivity index (χ4v) is 5.43. The molecule has 35 heavy (non-hydrogen) atoms. The molecule has 5 rings (SSSR count). The van der Waals surface area contributed by atoms with Gasteiger partial charge < -0.3 is 14.4 Å². The molecule has 0 saturated carbocycles. The molecule has 3 aromatic rings. The van der Waals surface area contributed by atoms with Gasteiger partial charge in [-0.25, -0.2) is 0 Å². The minimum absolute atomic E-state index is 0.0116. The van der Waals surface area contributed by atoms with Crippen molar-refractivity contribution in [3.8, 4) is 11.5 Å². The Balaban J connectivity index is 1.37. The zero-order chi connectivity index (χ0) is 24.4. The van der Waals surface area contributed by atoms with E-state index in [2.05, 4.69) is 11.0 Å². The van der Waals surface area contributed by atoms with Crippen molar-refractivity contribution < 1.29 is 14.3 Å². The van der Waals surface area contributed by atoms with E-state index in [1.165, 1.54) is 5.69 Å². The first-order valence-corrected chi connectivity index (χ1v) is 12.4. The number of hydrogen-bond acceptors (Lipinski definition) is 5. The van der Waals surface area contributed by atoms with Crippen LogP contribution >= 0.6 is 0 Å². The van der Waals surface area contributed by atoms with Crippen molar-refractivity contribution in [3.63, 3.8) is 0 Å². The standard InChI is InChI=1S/C28H34N4O3/c1-30(18-20-9-5-4-6-10-20)28(33)26-23-17-22(13-14-24(23)31(2)29-26)32-15-8-16-35-27-21(19-32)11-7-12-25(27)34-3/h4-7,9-12,22H,8,13-19H2,1-3H3. The number of nitrogens with zero attached hydrogens (tertiary/aromatic N) is 4. The number of ether oxygens (including phenoxy) is 2. The van der Waals surface area contributed by atoms with Crippen LogP contribution in [-0.4, -0.2) is 58.8 Å². The third kappa shape index (κ3) is 4.78.